The van der Waals surface area contributed by atoms with Crippen LogP contribution in [0.1, 0.15) is 23.0 Å². The van der Waals surface area contributed by atoms with Crippen molar-refractivity contribution < 1.29 is 27.8 Å². The van der Waals surface area contributed by atoms with Crippen molar-refractivity contribution in [3.63, 3.8) is 0 Å². The van der Waals surface area contributed by atoms with Crippen LogP contribution in [0.3, 0.4) is 0 Å². The minimum absolute atomic E-state index is 0.0452. The minimum atomic E-state index is -3.04. The maximum Gasteiger partial charge on any atom is 0.387 e. The van der Waals surface area contributed by atoms with Crippen molar-refractivity contribution >= 4 is 28.9 Å². The number of esters is 1. The Bertz CT molecular complexity index is 1040. The summed E-state index contributed by atoms with van der Waals surface area (Å²) in [5.41, 5.74) is 1.48. The van der Waals surface area contributed by atoms with Gasteiger partial charge in [-0.25, -0.2) is 4.79 Å². The second-order valence-electron chi connectivity index (χ2n) is 6.22. The van der Waals surface area contributed by atoms with Gasteiger partial charge >= 0.3 is 12.6 Å². The van der Waals surface area contributed by atoms with Crippen molar-refractivity contribution in [2.24, 2.45) is 0 Å². The Morgan fingerprint density at radius 2 is 1.87 bits per heavy atom. The standard InChI is InChI=1S/C21H18F2N2O4S/c1-12-14(9-10-16(24-12)18-8-5-11-30-18)20(27)28-13(2)19(26)25-15-6-3-4-7-17(15)29-21(22)23/h3-11,13,21H,1-2H3,(H,25,26). The van der Waals surface area contributed by atoms with Gasteiger partial charge in [-0.15, -0.1) is 11.3 Å². The average molecular weight is 432 g/mol. The number of halogens is 2. The number of benzene rings is 1. The number of hydrogen-bond acceptors (Lipinski definition) is 6. The number of carbonyl (C=O) groups is 2. The molecule has 3 aromatic rings. The predicted molar refractivity (Wildman–Crippen MR) is 109 cm³/mol. The first-order valence-electron chi connectivity index (χ1n) is 8.92. The molecule has 0 aliphatic carbocycles. The van der Waals surface area contributed by atoms with Gasteiger partial charge in [0.05, 0.1) is 27.5 Å². The van der Waals surface area contributed by atoms with Crippen LogP contribution >= 0.6 is 11.3 Å². The van der Waals surface area contributed by atoms with Crippen LogP contribution in [0.15, 0.2) is 53.9 Å². The molecule has 2 heterocycles. The van der Waals surface area contributed by atoms with Gasteiger partial charge in [0.2, 0.25) is 0 Å². The largest absolute Gasteiger partial charge is 0.449 e. The molecule has 1 unspecified atom stereocenters. The Hall–Kier alpha value is -3.33. The van der Waals surface area contributed by atoms with Gasteiger partial charge in [-0.1, -0.05) is 18.2 Å². The normalized spacial score (nSPS) is 11.8. The molecular formula is C21H18F2N2O4S. The van der Waals surface area contributed by atoms with Gasteiger partial charge in [-0.05, 0) is 49.6 Å². The van der Waals surface area contributed by atoms with Gasteiger partial charge in [0, 0.05) is 0 Å². The third-order valence-corrected chi connectivity index (χ3v) is 4.99. The van der Waals surface area contributed by atoms with E-state index < -0.39 is 24.6 Å². The highest BCUT2D eigenvalue weighted by Gasteiger charge is 2.22. The summed E-state index contributed by atoms with van der Waals surface area (Å²) in [4.78, 5) is 30.2. The van der Waals surface area contributed by atoms with Crippen molar-refractivity contribution in [2.45, 2.75) is 26.6 Å². The molecule has 30 heavy (non-hydrogen) atoms. The van der Waals surface area contributed by atoms with Gasteiger partial charge in [0.25, 0.3) is 5.91 Å². The molecule has 0 aliphatic rings. The van der Waals surface area contributed by atoms with Crippen LogP contribution in [0.25, 0.3) is 10.6 Å². The molecule has 2 aromatic heterocycles. The average Bonchev–Trinajstić information content (AvgIpc) is 3.23. The Balaban J connectivity index is 1.66. The molecule has 1 amide bonds. The number of nitrogens with zero attached hydrogens (tertiary/aromatic N) is 1. The van der Waals surface area contributed by atoms with E-state index in [1.165, 1.54) is 36.5 Å². The SMILES string of the molecule is Cc1nc(-c2cccs2)ccc1C(=O)OC(C)C(=O)Nc1ccccc1OC(F)F. The highest BCUT2D eigenvalue weighted by atomic mass is 32.1. The molecule has 0 saturated carbocycles. The minimum Gasteiger partial charge on any atom is -0.449 e. The zero-order valence-electron chi connectivity index (χ0n) is 16.1. The Kier molecular flexibility index (Phi) is 6.73. The first-order valence-corrected chi connectivity index (χ1v) is 9.80. The van der Waals surface area contributed by atoms with Crippen molar-refractivity contribution in [3.8, 4) is 16.3 Å². The smallest absolute Gasteiger partial charge is 0.387 e. The van der Waals surface area contributed by atoms with Crippen LogP contribution in [0.2, 0.25) is 0 Å². The number of aromatic nitrogens is 1. The predicted octanol–water partition coefficient (Wildman–Crippen LogP) is 4.90. The molecular weight excluding hydrogens is 414 g/mol. The molecule has 0 spiro atoms. The molecule has 3 rings (SSSR count). The summed E-state index contributed by atoms with van der Waals surface area (Å²) in [6, 6.07) is 12.9. The number of alkyl halides is 2. The van der Waals surface area contributed by atoms with Crippen LogP contribution in [0, 0.1) is 6.92 Å². The van der Waals surface area contributed by atoms with Crippen LogP contribution in [-0.2, 0) is 9.53 Å². The zero-order chi connectivity index (χ0) is 21.7. The summed E-state index contributed by atoms with van der Waals surface area (Å²) in [7, 11) is 0. The first kappa shape index (κ1) is 21.4. The lowest BCUT2D eigenvalue weighted by atomic mass is 10.1. The maximum absolute atomic E-state index is 12.5. The number of nitrogens with one attached hydrogen (secondary N) is 1. The molecule has 1 atom stereocenters. The monoisotopic (exact) mass is 432 g/mol. The summed E-state index contributed by atoms with van der Waals surface area (Å²) in [6.45, 7) is 0.0223. The van der Waals surface area contributed by atoms with Crippen molar-refractivity contribution in [1.82, 2.24) is 4.98 Å². The first-order chi connectivity index (χ1) is 14.3. The van der Waals surface area contributed by atoms with Crippen LogP contribution < -0.4 is 10.1 Å². The van der Waals surface area contributed by atoms with E-state index in [0.29, 0.717) is 5.69 Å². The summed E-state index contributed by atoms with van der Waals surface area (Å²) >= 11 is 1.53. The number of rotatable bonds is 7. The summed E-state index contributed by atoms with van der Waals surface area (Å²) in [5.74, 6) is -1.59. The molecule has 9 heteroatoms. The van der Waals surface area contributed by atoms with Crippen molar-refractivity contribution in [2.75, 3.05) is 5.32 Å². The van der Waals surface area contributed by atoms with Crippen LogP contribution in [-0.4, -0.2) is 29.6 Å². The summed E-state index contributed by atoms with van der Waals surface area (Å²) < 4.78 is 34.6. The van der Waals surface area contributed by atoms with E-state index >= 15 is 0 Å². The number of ether oxygens (including phenoxy) is 2. The van der Waals surface area contributed by atoms with E-state index in [-0.39, 0.29) is 17.0 Å². The van der Waals surface area contributed by atoms with Gasteiger partial charge in [-0.2, -0.15) is 8.78 Å². The zero-order valence-corrected chi connectivity index (χ0v) is 16.9. The Morgan fingerprint density at radius 1 is 1.10 bits per heavy atom. The molecule has 1 aromatic carbocycles. The number of anilines is 1. The van der Waals surface area contributed by atoms with Crippen molar-refractivity contribution in [1.29, 1.82) is 0 Å². The molecule has 1 N–H and O–H groups in total. The number of carbonyl (C=O) groups excluding carboxylic acids is 2. The number of aryl methyl sites for hydroxylation is 1. The molecule has 0 fully saturated rings. The molecule has 0 saturated heterocycles. The Labute approximate surface area is 175 Å². The number of hydrogen-bond donors (Lipinski definition) is 1. The van der Waals surface area contributed by atoms with Gasteiger partial charge in [-0.3, -0.25) is 9.78 Å². The second-order valence-corrected chi connectivity index (χ2v) is 7.17. The maximum atomic E-state index is 12.5. The number of amides is 1. The second kappa shape index (κ2) is 9.45. The highest BCUT2D eigenvalue weighted by Crippen LogP contribution is 2.26. The van der Waals surface area contributed by atoms with E-state index in [4.69, 9.17) is 4.74 Å². The van der Waals surface area contributed by atoms with Gasteiger partial charge in [0.1, 0.15) is 5.75 Å². The fraction of sp³-hybridized carbons (Fsp3) is 0.190. The third kappa shape index (κ3) is 5.18. The van der Waals surface area contributed by atoms with Crippen LogP contribution in [0.5, 0.6) is 5.75 Å². The van der Waals surface area contributed by atoms with Gasteiger partial charge in [0.15, 0.2) is 6.10 Å². The molecule has 156 valence electrons. The molecule has 6 nitrogen and oxygen atoms in total. The lowest BCUT2D eigenvalue weighted by Gasteiger charge is -2.16. The number of pyridine rings is 1. The fourth-order valence-corrected chi connectivity index (χ4v) is 3.31. The number of thiophene rings is 1. The van der Waals surface area contributed by atoms with E-state index in [1.807, 2.05) is 17.5 Å². The van der Waals surface area contributed by atoms with E-state index in [9.17, 15) is 18.4 Å². The topological polar surface area (TPSA) is 77.5 Å². The van der Waals surface area contributed by atoms with Crippen LogP contribution in [0.4, 0.5) is 14.5 Å². The summed E-state index contributed by atoms with van der Waals surface area (Å²) in [6.07, 6.45) is -1.17. The van der Waals surface area contributed by atoms with E-state index in [2.05, 4.69) is 15.0 Å². The number of para-hydroxylation sites is 2. The van der Waals surface area contributed by atoms with E-state index in [0.717, 1.165) is 10.6 Å². The lowest BCUT2D eigenvalue weighted by molar-refractivity contribution is -0.123. The third-order valence-electron chi connectivity index (χ3n) is 4.09. The van der Waals surface area contributed by atoms with E-state index in [1.54, 1.807) is 25.1 Å². The molecule has 0 radical (unpaired) electrons. The van der Waals surface area contributed by atoms with Crippen molar-refractivity contribution in [3.05, 3.63) is 65.2 Å². The molecule has 0 bridgehead atoms. The Morgan fingerprint density at radius 3 is 2.53 bits per heavy atom. The molecule has 0 aliphatic heterocycles. The summed E-state index contributed by atoms with van der Waals surface area (Å²) in [5, 5.41) is 4.36. The lowest BCUT2D eigenvalue weighted by Crippen LogP contribution is -2.30. The highest BCUT2D eigenvalue weighted by molar-refractivity contribution is 7.13. The fourth-order valence-electron chi connectivity index (χ4n) is 2.62. The van der Waals surface area contributed by atoms with Gasteiger partial charge < -0.3 is 14.8 Å². The quantitative estimate of drug-likeness (QED) is 0.537.